The number of carboxylic acid groups (broad SMARTS) is 1. The second-order valence-electron chi connectivity index (χ2n) is 7.16. The summed E-state index contributed by atoms with van der Waals surface area (Å²) >= 11 is 0. The number of carbonyl (C=O) groups excluding carboxylic acids is 2. The van der Waals surface area contributed by atoms with Crippen LogP contribution in [0.25, 0.3) is 0 Å². The van der Waals surface area contributed by atoms with Crippen molar-refractivity contribution in [1.82, 2.24) is 10.2 Å². The molecule has 0 spiro atoms. The molecule has 31 heavy (non-hydrogen) atoms. The van der Waals surface area contributed by atoms with Gasteiger partial charge in [0.1, 0.15) is 5.75 Å². The molecule has 0 aromatic heterocycles. The second-order valence-corrected chi connectivity index (χ2v) is 7.16. The molecule has 4 rings (SSSR count). The Kier molecular flexibility index (Phi) is 5.66. The van der Waals surface area contributed by atoms with Gasteiger partial charge in [0.15, 0.2) is 6.73 Å². The van der Waals surface area contributed by atoms with Crippen LogP contribution in [0.2, 0.25) is 0 Å². The fourth-order valence-electron chi connectivity index (χ4n) is 3.31. The smallest absolute Gasteiger partial charge is 0.335 e. The number of fused-ring (bicyclic) bond motifs is 1. The molecular formula is C24H20N2O5. The molecule has 3 aromatic rings. The minimum atomic E-state index is -1.00. The summed E-state index contributed by atoms with van der Waals surface area (Å²) < 4.78 is 5.68. The first kappa shape index (κ1) is 20.2. The fourth-order valence-corrected chi connectivity index (χ4v) is 3.31. The molecule has 0 aliphatic carbocycles. The lowest BCUT2D eigenvalue weighted by Crippen LogP contribution is -2.38. The Morgan fingerprint density at radius 1 is 0.935 bits per heavy atom. The predicted octanol–water partition coefficient (Wildman–Crippen LogP) is 3.31. The summed E-state index contributed by atoms with van der Waals surface area (Å²) in [6.45, 7) is 0.730. The zero-order chi connectivity index (χ0) is 21.8. The molecule has 2 N–H and O–H groups in total. The zero-order valence-electron chi connectivity index (χ0n) is 16.6. The summed E-state index contributed by atoms with van der Waals surface area (Å²) in [6.07, 6.45) is 0. The normalized spacial score (nSPS) is 12.6. The Bertz CT molecular complexity index is 1130. The summed E-state index contributed by atoms with van der Waals surface area (Å²) in [5.74, 6) is -1.10. The van der Waals surface area contributed by atoms with Crippen LogP contribution in [-0.4, -0.2) is 34.5 Å². The summed E-state index contributed by atoms with van der Waals surface area (Å²) in [5, 5.41) is 11.9. The number of nitrogens with one attached hydrogen (secondary N) is 1. The van der Waals surface area contributed by atoms with E-state index in [9.17, 15) is 14.4 Å². The van der Waals surface area contributed by atoms with Gasteiger partial charge in [0, 0.05) is 18.7 Å². The molecule has 0 bridgehead atoms. The van der Waals surface area contributed by atoms with Gasteiger partial charge in [-0.3, -0.25) is 9.59 Å². The molecule has 0 fully saturated rings. The molecule has 1 aliphatic heterocycles. The first-order chi connectivity index (χ1) is 15.0. The molecule has 7 heteroatoms. The van der Waals surface area contributed by atoms with Crippen LogP contribution < -0.4 is 10.1 Å². The van der Waals surface area contributed by atoms with Crippen molar-refractivity contribution in [3.8, 4) is 5.75 Å². The van der Waals surface area contributed by atoms with Crippen LogP contribution in [0.4, 0.5) is 0 Å². The molecule has 156 valence electrons. The highest BCUT2D eigenvalue weighted by Crippen LogP contribution is 2.27. The van der Waals surface area contributed by atoms with Gasteiger partial charge in [-0.15, -0.1) is 0 Å². The van der Waals surface area contributed by atoms with Crippen molar-refractivity contribution in [3.63, 3.8) is 0 Å². The third-order valence-electron chi connectivity index (χ3n) is 5.01. The lowest BCUT2D eigenvalue weighted by atomic mass is 10.1. The lowest BCUT2D eigenvalue weighted by molar-refractivity contribution is 0.0498. The van der Waals surface area contributed by atoms with Gasteiger partial charge in [-0.05, 0) is 41.5 Å². The van der Waals surface area contributed by atoms with Gasteiger partial charge in [-0.25, -0.2) is 4.79 Å². The van der Waals surface area contributed by atoms with E-state index in [1.54, 1.807) is 24.3 Å². The van der Waals surface area contributed by atoms with E-state index in [1.807, 2.05) is 30.3 Å². The maximum Gasteiger partial charge on any atom is 0.335 e. The topological polar surface area (TPSA) is 95.9 Å². The average molecular weight is 416 g/mol. The molecule has 1 aliphatic rings. The number of nitrogens with zero attached hydrogens (tertiary/aromatic N) is 1. The number of aromatic carboxylic acids is 1. The van der Waals surface area contributed by atoms with Gasteiger partial charge in [0.2, 0.25) is 0 Å². The van der Waals surface area contributed by atoms with E-state index in [0.717, 1.165) is 11.1 Å². The Morgan fingerprint density at radius 2 is 1.65 bits per heavy atom. The molecule has 0 unspecified atom stereocenters. The Morgan fingerprint density at radius 3 is 2.35 bits per heavy atom. The number of carbonyl (C=O) groups is 3. The van der Waals surface area contributed by atoms with E-state index >= 15 is 0 Å². The van der Waals surface area contributed by atoms with Crippen molar-refractivity contribution in [2.45, 2.75) is 13.1 Å². The van der Waals surface area contributed by atoms with E-state index < -0.39 is 5.97 Å². The Hall–Kier alpha value is -4.13. The number of hydrogen-bond acceptors (Lipinski definition) is 4. The van der Waals surface area contributed by atoms with Crippen LogP contribution in [0.3, 0.4) is 0 Å². The zero-order valence-corrected chi connectivity index (χ0v) is 16.6. The van der Waals surface area contributed by atoms with E-state index in [1.165, 1.54) is 23.1 Å². The molecule has 0 saturated heterocycles. The van der Waals surface area contributed by atoms with Crippen molar-refractivity contribution < 1.29 is 24.2 Å². The largest absolute Gasteiger partial charge is 0.478 e. The summed E-state index contributed by atoms with van der Waals surface area (Å²) in [4.78, 5) is 38.0. The molecule has 0 atom stereocenters. The monoisotopic (exact) mass is 416 g/mol. The van der Waals surface area contributed by atoms with Gasteiger partial charge in [0.25, 0.3) is 11.8 Å². The van der Waals surface area contributed by atoms with Crippen molar-refractivity contribution in [3.05, 3.63) is 101 Å². The molecule has 3 aromatic carbocycles. The van der Waals surface area contributed by atoms with Gasteiger partial charge in [-0.2, -0.15) is 0 Å². The van der Waals surface area contributed by atoms with Crippen LogP contribution in [-0.2, 0) is 13.1 Å². The van der Waals surface area contributed by atoms with E-state index in [0.29, 0.717) is 23.4 Å². The average Bonchev–Trinajstić information content (AvgIpc) is 2.80. The first-order valence-corrected chi connectivity index (χ1v) is 9.72. The number of amides is 2. The number of hydrogen-bond donors (Lipinski definition) is 2. The Labute approximate surface area is 178 Å². The van der Waals surface area contributed by atoms with E-state index in [2.05, 4.69) is 5.32 Å². The van der Waals surface area contributed by atoms with Crippen LogP contribution in [0.1, 0.15) is 42.2 Å². The minimum absolute atomic E-state index is 0.0755. The second kappa shape index (κ2) is 8.71. The highest BCUT2D eigenvalue weighted by Gasteiger charge is 2.27. The number of ether oxygens (including phenoxy) is 1. The van der Waals surface area contributed by atoms with Crippen LogP contribution in [0, 0.1) is 0 Å². The van der Waals surface area contributed by atoms with Gasteiger partial charge in [-0.1, -0.05) is 42.5 Å². The molecule has 0 radical (unpaired) electrons. The molecule has 0 saturated carbocycles. The molecule has 1 heterocycles. The molecule has 7 nitrogen and oxygen atoms in total. The third kappa shape index (κ3) is 4.56. The Balaban J connectivity index is 1.46. The van der Waals surface area contributed by atoms with Crippen molar-refractivity contribution in [2.24, 2.45) is 0 Å². The van der Waals surface area contributed by atoms with Gasteiger partial charge >= 0.3 is 5.97 Å². The molecule has 2 amide bonds. The predicted molar refractivity (Wildman–Crippen MR) is 113 cm³/mol. The van der Waals surface area contributed by atoms with Gasteiger partial charge < -0.3 is 20.1 Å². The third-order valence-corrected chi connectivity index (χ3v) is 5.01. The summed E-state index contributed by atoms with van der Waals surface area (Å²) in [7, 11) is 0. The minimum Gasteiger partial charge on any atom is -0.478 e. The maximum absolute atomic E-state index is 13.0. The lowest BCUT2D eigenvalue weighted by Gasteiger charge is -2.29. The van der Waals surface area contributed by atoms with Crippen LogP contribution in [0.5, 0.6) is 5.75 Å². The van der Waals surface area contributed by atoms with Gasteiger partial charge in [0.05, 0.1) is 11.1 Å². The standard InChI is InChI=1S/C24H20N2O5/c27-22(25-13-16-4-2-1-3-5-16)19-10-11-21-20(12-19)23(28)26(15-31-21)14-17-6-8-18(9-7-17)24(29)30/h1-12H,13-15H2,(H,25,27)(H,29,30). The van der Waals surface area contributed by atoms with Crippen molar-refractivity contribution >= 4 is 17.8 Å². The van der Waals surface area contributed by atoms with E-state index in [4.69, 9.17) is 9.84 Å². The quantitative estimate of drug-likeness (QED) is 0.643. The maximum atomic E-state index is 13.0. The summed E-state index contributed by atoms with van der Waals surface area (Å²) in [6, 6.07) is 20.7. The number of benzene rings is 3. The fraction of sp³-hybridized carbons (Fsp3) is 0.125. The van der Waals surface area contributed by atoms with Crippen LogP contribution in [0.15, 0.2) is 72.8 Å². The van der Waals surface area contributed by atoms with Crippen LogP contribution >= 0.6 is 0 Å². The highest BCUT2D eigenvalue weighted by molar-refractivity contribution is 6.02. The first-order valence-electron chi connectivity index (χ1n) is 9.72. The molecular weight excluding hydrogens is 396 g/mol. The van der Waals surface area contributed by atoms with E-state index in [-0.39, 0.29) is 30.7 Å². The highest BCUT2D eigenvalue weighted by atomic mass is 16.5. The summed E-state index contributed by atoms with van der Waals surface area (Å²) in [5.41, 5.74) is 2.64. The SMILES string of the molecule is O=C(O)c1ccc(CN2COc3ccc(C(=O)NCc4ccccc4)cc3C2=O)cc1. The number of carboxylic acids is 1. The van der Waals surface area contributed by atoms with Crippen molar-refractivity contribution in [1.29, 1.82) is 0 Å². The number of rotatable bonds is 6. The van der Waals surface area contributed by atoms with Crippen molar-refractivity contribution in [2.75, 3.05) is 6.73 Å².